The molecule has 0 spiro atoms. The summed E-state index contributed by atoms with van der Waals surface area (Å²) < 4.78 is 12.8. The summed E-state index contributed by atoms with van der Waals surface area (Å²) in [5, 5.41) is 14.1. The van der Waals surface area contributed by atoms with E-state index < -0.39 is 0 Å². The van der Waals surface area contributed by atoms with Crippen LogP contribution in [0.15, 0.2) is 48.5 Å². The average molecular weight is 330 g/mol. The van der Waals surface area contributed by atoms with Crippen molar-refractivity contribution in [3.05, 3.63) is 65.5 Å². The first-order chi connectivity index (χ1) is 11.6. The first kappa shape index (κ1) is 17.6. The van der Waals surface area contributed by atoms with Gasteiger partial charge >= 0.3 is 0 Å². The molecule has 0 aliphatic rings. The summed E-state index contributed by atoms with van der Waals surface area (Å²) in [6.07, 6.45) is 0.646. The van der Waals surface area contributed by atoms with Crippen molar-refractivity contribution in [3.8, 4) is 0 Å². The van der Waals surface area contributed by atoms with Gasteiger partial charge in [-0.3, -0.25) is 9.59 Å². The minimum Gasteiger partial charge on any atom is -0.396 e. The Bertz CT molecular complexity index is 684. The molecule has 126 valence electrons. The lowest BCUT2D eigenvalue weighted by molar-refractivity contribution is -0.115. The Morgan fingerprint density at radius 2 is 1.67 bits per heavy atom. The molecule has 0 saturated carbocycles. The van der Waals surface area contributed by atoms with Crippen molar-refractivity contribution in [1.82, 2.24) is 5.32 Å². The van der Waals surface area contributed by atoms with Crippen LogP contribution in [0.4, 0.5) is 10.1 Å². The number of hydrogen-bond acceptors (Lipinski definition) is 3. The summed E-state index contributed by atoms with van der Waals surface area (Å²) >= 11 is 0. The first-order valence-electron chi connectivity index (χ1n) is 7.62. The SMILES string of the molecule is O=C(Cc1ccc(F)cc1)Nc1ccc(C(=O)NCCCO)cc1. The van der Waals surface area contributed by atoms with Gasteiger partial charge in [-0.05, 0) is 48.4 Å². The quantitative estimate of drug-likeness (QED) is 0.681. The molecule has 2 amide bonds. The molecule has 3 N–H and O–H groups in total. The Balaban J connectivity index is 1.87. The van der Waals surface area contributed by atoms with Gasteiger partial charge in [0.15, 0.2) is 0 Å². The van der Waals surface area contributed by atoms with Crippen LogP contribution in [0.3, 0.4) is 0 Å². The van der Waals surface area contributed by atoms with Gasteiger partial charge in [0.25, 0.3) is 5.91 Å². The van der Waals surface area contributed by atoms with E-state index in [-0.39, 0.29) is 30.7 Å². The van der Waals surface area contributed by atoms with E-state index in [0.29, 0.717) is 29.8 Å². The first-order valence-corrected chi connectivity index (χ1v) is 7.62. The van der Waals surface area contributed by atoms with E-state index in [4.69, 9.17) is 5.11 Å². The number of carbonyl (C=O) groups excluding carboxylic acids is 2. The maximum absolute atomic E-state index is 12.8. The number of amides is 2. The third-order valence-corrected chi connectivity index (χ3v) is 3.33. The van der Waals surface area contributed by atoms with E-state index in [1.165, 1.54) is 12.1 Å². The molecule has 0 aromatic heterocycles. The topological polar surface area (TPSA) is 78.4 Å². The Kier molecular flexibility index (Phi) is 6.45. The van der Waals surface area contributed by atoms with Crippen LogP contribution in [0.1, 0.15) is 22.3 Å². The predicted molar refractivity (Wildman–Crippen MR) is 89.2 cm³/mol. The summed E-state index contributed by atoms with van der Waals surface area (Å²) in [7, 11) is 0. The number of aliphatic hydroxyl groups excluding tert-OH is 1. The van der Waals surface area contributed by atoms with Crippen LogP contribution in [0.2, 0.25) is 0 Å². The number of anilines is 1. The van der Waals surface area contributed by atoms with E-state index in [1.807, 2.05) is 0 Å². The Morgan fingerprint density at radius 3 is 2.29 bits per heavy atom. The molecule has 2 aromatic carbocycles. The van der Waals surface area contributed by atoms with Crippen molar-refractivity contribution < 1.29 is 19.1 Å². The van der Waals surface area contributed by atoms with E-state index in [0.717, 1.165) is 0 Å². The summed E-state index contributed by atoms with van der Waals surface area (Å²) in [5.74, 6) is -0.790. The highest BCUT2D eigenvalue weighted by atomic mass is 19.1. The molecular formula is C18H19FN2O3. The second-order valence-corrected chi connectivity index (χ2v) is 5.26. The molecule has 2 rings (SSSR count). The van der Waals surface area contributed by atoms with Crippen molar-refractivity contribution in [2.24, 2.45) is 0 Å². The van der Waals surface area contributed by atoms with Crippen LogP contribution in [-0.2, 0) is 11.2 Å². The third kappa shape index (κ3) is 5.48. The van der Waals surface area contributed by atoms with E-state index in [9.17, 15) is 14.0 Å². The second-order valence-electron chi connectivity index (χ2n) is 5.26. The number of benzene rings is 2. The lowest BCUT2D eigenvalue weighted by Crippen LogP contribution is -2.25. The van der Waals surface area contributed by atoms with E-state index >= 15 is 0 Å². The highest BCUT2D eigenvalue weighted by molar-refractivity contribution is 5.96. The number of nitrogens with one attached hydrogen (secondary N) is 2. The zero-order chi connectivity index (χ0) is 17.4. The van der Waals surface area contributed by atoms with Gasteiger partial charge in [-0.25, -0.2) is 4.39 Å². The molecule has 0 saturated heterocycles. The highest BCUT2D eigenvalue weighted by Crippen LogP contribution is 2.11. The number of hydrogen-bond donors (Lipinski definition) is 3. The van der Waals surface area contributed by atoms with Gasteiger partial charge in [-0.15, -0.1) is 0 Å². The van der Waals surface area contributed by atoms with Crippen LogP contribution in [0, 0.1) is 5.82 Å². The van der Waals surface area contributed by atoms with Crippen molar-refractivity contribution in [1.29, 1.82) is 0 Å². The van der Waals surface area contributed by atoms with E-state index in [1.54, 1.807) is 36.4 Å². The second kappa shape index (κ2) is 8.79. The maximum atomic E-state index is 12.8. The number of carbonyl (C=O) groups is 2. The van der Waals surface area contributed by atoms with Crippen molar-refractivity contribution >= 4 is 17.5 Å². The van der Waals surface area contributed by atoms with Gasteiger partial charge in [0.1, 0.15) is 5.82 Å². The Labute approximate surface area is 139 Å². The fraction of sp³-hybridized carbons (Fsp3) is 0.222. The minimum atomic E-state index is -0.341. The summed E-state index contributed by atoms with van der Waals surface area (Å²) in [4.78, 5) is 23.8. The molecule has 2 aromatic rings. The average Bonchev–Trinajstić information content (AvgIpc) is 2.58. The molecule has 0 unspecified atom stereocenters. The summed E-state index contributed by atoms with van der Waals surface area (Å²) in [5.41, 5.74) is 1.77. The van der Waals surface area contributed by atoms with Gasteiger partial charge < -0.3 is 15.7 Å². The number of halogens is 1. The molecule has 0 fully saturated rings. The number of rotatable bonds is 7. The highest BCUT2D eigenvalue weighted by Gasteiger charge is 2.07. The molecular weight excluding hydrogens is 311 g/mol. The van der Waals surface area contributed by atoms with Crippen LogP contribution in [0.25, 0.3) is 0 Å². The maximum Gasteiger partial charge on any atom is 0.251 e. The molecule has 0 aliphatic carbocycles. The fourth-order valence-corrected chi connectivity index (χ4v) is 2.08. The van der Waals surface area contributed by atoms with Crippen molar-refractivity contribution in [3.63, 3.8) is 0 Å². The minimum absolute atomic E-state index is 0.0271. The molecule has 0 aliphatic heterocycles. The van der Waals surface area contributed by atoms with Crippen molar-refractivity contribution in [2.45, 2.75) is 12.8 Å². The van der Waals surface area contributed by atoms with E-state index in [2.05, 4.69) is 10.6 Å². The molecule has 0 radical (unpaired) electrons. The Morgan fingerprint density at radius 1 is 1.00 bits per heavy atom. The standard InChI is InChI=1S/C18H19FN2O3/c19-15-6-2-13(3-7-15)12-17(23)21-16-8-4-14(5-9-16)18(24)20-10-1-11-22/h2-9,22H,1,10-12H2,(H,20,24)(H,21,23). The van der Waals surface area contributed by atoms with Gasteiger partial charge in [-0.1, -0.05) is 12.1 Å². The number of aliphatic hydroxyl groups is 1. The monoisotopic (exact) mass is 330 g/mol. The van der Waals surface area contributed by atoms with Crippen LogP contribution < -0.4 is 10.6 Å². The lowest BCUT2D eigenvalue weighted by Gasteiger charge is -2.07. The predicted octanol–water partition coefficient (Wildman–Crippen LogP) is 2.12. The Hall–Kier alpha value is -2.73. The third-order valence-electron chi connectivity index (χ3n) is 3.33. The van der Waals surface area contributed by atoms with Gasteiger partial charge in [0.2, 0.25) is 5.91 Å². The molecule has 0 atom stereocenters. The summed E-state index contributed by atoms with van der Waals surface area (Å²) in [6, 6.07) is 12.3. The van der Waals surface area contributed by atoms with Crippen LogP contribution >= 0.6 is 0 Å². The van der Waals surface area contributed by atoms with Crippen LogP contribution in [-0.4, -0.2) is 30.1 Å². The van der Waals surface area contributed by atoms with Gasteiger partial charge in [0.05, 0.1) is 6.42 Å². The largest absolute Gasteiger partial charge is 0.396 e. The molecule has 24 heavy (non-hydrogen) atoms. The smallest absolute Gasteiger partial charge is 0.251 e. The van der Waals surface area contributed by atoms with Crippen LogP contribution in [0.5, 0.6) is 0 Å². The molecule has 5 nitrogen and oxygen atoms in total. The zero-order valence-electron chi connectivity index (χ0n) is 13.1. The van der Waals surface area contributed by atoms with Crippen molar-refractivity contribution in [2.75, 3.05) is 18.5 Å². The van der Waals surface area contributed by atoms with Gasteiger partial charge in [0, 0.05) is 24.4 Å². The molecule has 0 heterocycles. The molecule has 0 bridgehead atoms. The van der Waals surface area contributed by atoms with Gasteiger partial charge in [-0.2, -0.15) is 0 Å². The normalized spacial score (nSPS) is 10.2. The summed E-state index contributed by atoms with van der Waals surface area (Å²) in [6.45, 7) is 0.435. The fourth-order valence-electron chi connectivity index (χ4n) is 2.08. The zero-order valence-corrected chi connectivity index (χ0v) is 13.1. The molecule has 6 heteroatoms. The lowest BCUT2D eigenvalue weighted by atomic mass is 10.1.